The first kappa shape index (κ1) is 9.85. The van der Waals surface area contributed by atoms with Gasteiger partial charge in [-0.3, -0.25) is 4.39 Å². The zero-order chi connectivity index (χ0) is 7.66. The Morgan fingerprint density at radius 1 is 1.30 bits per heavy atom. The largest absolute Gasteiger partial charge is 0.381 e. The smallest absolute Gasteiger partial charge is 0.0916 e. The van der Waals surface area contributed by atoms with Gasteiger partial charge in [0.1, 0.15) is 0 Å². The van der Waals surface area contributed by atoms with E-state index < -0.39 is 0 Å². The number of ether oxygens (including phenoxy) is 1. The van der Waals surface area contributed by atoms with Gasteiger partial charge in [0.15, 0.2) is 0 Å². The van der Waals surface area contributed by atoms with E-state index in [4.69, 9.17) is 4.74 Å². The first-order chi connectivity index (χ1) is 4.91. The summed E-state index contributed by atoms with van der Waals surface area (Å²) in [6.45, 7) is 1.99. The maximum Gasteiger partial charge on any atom is 0.0916 e. The topological polar surface area (TPSA) is 21.3 Å². The van der Waals surface area contributed by atoms with Crippen molar-refractivity contribution >= 4 is 0 Å². The molecule has 0 spiro atoms. The van der Waals surface area contributed by atoms with Crippen molar-refractivity contribution < 1.29 is 9.13 Å². The Morgan fingerprint density at radius 3 is 2.60 bits per heavy atom. The minimum Gasteiger partial charge on any atom is -0.381 e. The monoisotopic (exact) mass is 149 g/mol. The van der Waals surface area contributed by atoms with Crippen molar-refractivity contribution in [3.05, 3.63) is 0 Å². The molecule has 0 saturated carbocycles. The van der Waals surface area contributed by atoms with Crippen LogP contribution in [0.5, 0.6) is 0 Å². The van der Waals surface area contributed by atoms with Crippen LogP contribution in [0.25, 0.3) is 0 Å². The van der Waals surface area contributed by atoms with Crippen LogP contribution in [0.1, 0.15) is 12.8 Å². The fraction of sp³-hybridized carbons (Fsp3) is 1.00. The van der Waals surface area contributed by atoms with Crippen molar-refractivity contribution in [3.63, 3.8) is 0 Å². The molecule has 10 heavy (non-hydrogen) atoms. The van der Waals surface area contributed by atoms with Crippen molar-refractivity contribution in [1.82, 2.24) is 5.32 Å². The Hall–Kier alpha value is -0.150. The van der Waals surface area contributed by atoms with Crippen LogP contribution in [0.15, 0.2) is 0 Å². The summed E-state index contributed by atoms with van der Waals surface area (Å²) in [6, 6.07) is 0. The summed E-state index contributed by atoms with van der Waals surface area (Å²) in [5.74, 6) is 0. The standard InChI is InChI=1S/C7H16FNO/c1-9-5-3-7-10-6-2-4-8/h9H,2-7H2,1H3. The quantitative estimate of drug-likeness (QED) is 0.545. The normalized spacial score (nSPS) is 10.2. The summed E-state index contributed by atoms with van der Waals surface area (Å²) in [5.41, 5.74) is 0. The summed E-state index contributed by atoms with van der Waals surface area (Å²) < 4.78 is 16.6. The van der Waals surface area contributed by atoms with Crippen LogP contribution in [-0.4, -0.2) is 33.5 Å². The van der Waals surface area contributed by atoms with Gasteiger partial charge in [0.25, 0.3) is 0 Å². The predicted octanol–water partition coefficient (Wildman–Crippen LogP) is 0.972. The number of halogens is 1. The van der Waals surface area contributed by atoms with Gasteiger partial charge in [0.05, 0.1) is 6.67 Å². The van der Waals surface area contributed by atoms with E-state index in [1.807, 2.05) is 7.05 Å². The molecule has 0 saturated heterocycles. The zero-order valence-electron chi connectivity index (χ0n) is 6.53. The lowest BCUT2D eigenvalue weighted by molar-refractivity contribution is 0.124. The number of alkyl halides is 1. The molecule has 3 heteroatoms. The lowest BCUT2D eigenvalue weighted by Crippen LogP contribution is -2.10. The van der Waals surface area contributed by atoms with Gasteiger partial charge in [0, 0.05) is 13.2 Å². The molecule has 0 aromatic carbocycles. The van der Waals surface area contributed by atoms with Gasteiger partial charge in [0.2, 0.25) is 0 Å². The Morgan fingerprint density at radius 2 is 2.00 bits per heavy atom. The average molecular weight is 149 g/mol. The van der Waals surface area contributed by atoms with Gasteiger partial charge in [-0.05, 0) is 26.4 Å². The van der Waals surface area contributed by atoms with Gasteiger partial charge >= 0.3 is 0 Å². The third-order valence-corrected chi connectivity index (χ3v) is 1.14. The lowest BCUT2D eigenvalue weighted by Gasteiger charge is -2.00. The Bertz CT molecular complexity index is 53.6. The summed E-state index contributed by atoms with van der Waals surface area (Å²) in [6.07, 6.45) is 1.53. The molecule has 0 amide bonds. The van der Waals surface area contributed by atoms with E-state index in [-0.39, 0.29) is 6.67 Å². The fourth-order valence-corrected chi connectivity index (χ4v) is 0.610. The molecule has 0 aromatic rings. The second kappa shape index (κ2) is 8.85. The molecule has 1 N–H and O–H groups in total. The van der Waals surface area contributed by atoms with E-state index in [2.05, 4.69) is 5.32 Å². The lowest BCUT2D eigenvalue weighted by atomic mass is 10.4. The Balaban J connectivity index is 2.65. The van der Waals surface area contributed by atoms with Crippen LogP contribution in [0.2, 0.25) is 0 Å². The summed E-state index contributed by atoms with van der Waals surface area (Å²) >= 11 is 0. The van der Waals surface area contributed by atoms with E-state index in [1.54, 1.807) is 0 Å². The van der Waals surface area contributed by atoms with Crippen molar-refractivity contribution in [1.29, 1.82) is 0 Å². The third kappa shape index (κ3) is 7.85. The van der Waals surface area contributed by atoms with E-state index in [0.717, 1.165) is 19.6 Å². The van der Waals surface area contributed by atoms with Crippen LogP contribution in [0.3, 0.4) is 0 Å². The first-order valence-electron chi connectivity index (χ1n) is 3.70. The molecule has 62 valence electrons. The first-order valence-corrected chi connectivity index (χ1v) is 3.70. The third-order valence-electron chi connectivity index (χ3n) is 1.14. The number of hydrogen-bond donors (Lipinski definition) is 1. The minimum atomic E-state index is -0.272. The predicted molar refractivity (Wildman–Crippen MR) is 40.0 cm³/mol. The van der Waals surface area contributed by atoms with Crippen LogP contribution >= 0.6 is 0 Å². The molecular weight excluding hydrogens is 133 g/mol. The highest BCUT2D eigenvalue weighted by Crippen LogP contribution is 1.85. The van der Waals surface area contributed by atoms with Crippen LogP contribution in [0.4, 0.5) is 4.39 Å². The summed E-state index contributed by atoms with van der Waals surface area (Å²) in [4.78, 5) is 0. The molecular formula is C7H16FNO. The van der Waals surface area contributed by atoms with Crippen LogP contribution < -0.4 is 5.32 Å². The molecule has 0 radical (unpaired) electrons. The van der Waals surface area contributed by atoms with Crippen LogP contribution in [0, 0.1) is 0 Å². The van der Waals surface area contributed by atoms with Crippen molar-refractivity contribution in [2.75, 3.05) is 33.5 Å². The zero-order valence-corrected chi connectivity index (χ0v) is 6.53. The van der Waals surface area contributed by atoms with Crippen molar-refractivity contribution in [3.8, 4) is 0 Å². The SMILES string of the molecule is CNCCCOCCCF. The van der Waals surface area contributed by atoms with E-state index in [0.29, 0.717) is 13.0 Å². The van der Waals surface area contributed by atoms with Gasteiger partial charge in [-0.2, -0.15) is 0 Å². The van der Waals surface area contributed by atoms with Crippen molar-refractivity contribution in [2.45, 2.75) is 12.8 Å². The van der Waals surface area contributed by atoms with E-state index >= 15 is 0 Å². The summed E-state index contributed by atoms with van der Waals surface area (Å²) in [5, 5.41) is 3.00. The minimum absolute atomic E-state index is 0.272. The van der Waals surface area contributed by atoms with Crippen LogP contribution in [-0.2, 0) is 4.74 Å². The maximum atomic E-state index is 11.5. The van der Waals surface area contributed by atoms with E-state index in [9.17, 15) is 4.39 Å². The summed E-state index contributed by atoms with van der Waals surface area (Å²) in [7, 11) is 1.90. The van der Waals surface area contributed by atoms with E-state index in [1.165, 1.54) is 0 Å². The maximum absolute atomic E-state index is 11.5. The van der Waals surface area contributed by atoms with Crippen molar-refractivity contribution in [2.24, 2.45) is 0 Å². The second-order valence-electron chi connectivity index (χ2n) is 2.11. The second-order valence-corrected chi connectivity index (χ2v) is 2.11. The van der Waals surface area contributed by atoms with Gasteiger partial charge in [-0.1, -0.05) is 0 Å². The highest BCUT2D eigenvalue weighted by Gasteiger charge is 1.87. The average Bonchev–Trinajstić information content (AvgIpc) is 1.97. The number of rotatable bonds is 7. The molecule has 0 fully saturated rings. The molecule has 0 rings (SSSR count). The molecule has 0 aromatic heterocycles. The fourth-order valence-electron chi connectivity index (χ4n) is 0.610. The molecule has 0 bridgehead atoms. The Labute approximate surface area is 61.8 Å². The van der Waals surface area contributed by atoms with Gasteiger partial charge in [-0.15, -0.1) is 0 Å². The number of hydrogen-bond acceptors (Lipinski definition) is 2. The molecule has 0 aliphatic heterocycles. The molecule has 0 aliphatic carbocycles. The highest BCUT2D eigenvalue weighted by molar-refractivity contribution is 4.39. The molecule has 2 nitrogen and oxygen atoms in total. The molecule has 0 atom stereocenters. The van der Waals surface area contributed by atoms with Gasteiger partial charge < -0.3 is 10.1 Å². The molecule has 0 heterocycles. The van der Waals surface area contributed by atoms with Gasteiger partial charge in [-0.25, -0.2) is 0 Å². The highest BCUT2D eigenvalue weighted by atomic mass is 19.1. The molecule has 0 unspecified atom stereocenters. The molecule has 0 aliphatic rings. The number of nitrogens with one attached hydrogen (secondary N) is 1. The Kier molecular flexibility index (Phi) is 8.72.